The molecule has 1 aromatic carbocycles. The molecule has 0 radical (unpaired) electrons. The smallest absolute Gasteiger partial charge is 0.236 e. The van der Waals surface area contributed by atoms with E-state index in [1.54, 1.807) is 14.0 Å². The van der Waals surface area contributed by atoms with Gasteiger partial charge in [0.05, 0.1) is 19.2 Å². The first kappa shape index (κ1) is 15.8. The number of methoxy groups -OCH3 is 1. The van der Waals surface area contributed by atoms with Gasteiger partial charge in [0, 0.05) is 6.54 Å². The quantitative estimate of drug-likeness (QED) is 0.829. The summed E-state index contributed by atoms with van der Waals surface area (Å²) < 4.78 is 5.31. The highest BCUT2D eigenvalue weighted by Crippen LogP contribution is 2.27. The molecule has 116 valence electrons. The first-order chi connectivity index (χ1) is 10.1. The zero-order valence-electron chi connectivity index (χ0n) is 12.8. The topological polar surface area (TPSA) is 67.6 Å². The number of likely N-dealkylation sites (tertiary alicyclic amines) is 1. The van der Waals surface area contributed by atoms with Crippen LogP contribution in [0.2, 0.25) is 0 Å². The van der Waals surface area contributed by atoms with Crippen molar-refractivity contribution in [3.8, 4) is 5.75 Å². The number of carbonyl (C=O) groups is 1. The van der Waals surface area contributed by atoms with Crippen molar-refractivity contribution < 1.29 is 9.53 Å². The van der Waals surface area contributed by atoms with Crippen molar-refractivity contribution in [3.05, 3.63) is 29.8 Å². The number of nitrogens with two attached hydrogens (primary N) is 1. The minimum Gasteiger partial charge on any atom is -0.497 e. The van der Waals surface area contributed by atoms with Crippen LogP contribution < -0.4 is 15.8 Å². The van der Waals surface area contributed by atoms with E-state index < -0.39 is 6.04 Å². The molecule has 1 unspecified atom stereocenters. The van der Waals surface area contributed by atoms with Crippen LogP contribution in [0.5, 0.6) is 5.75 Å². The summed E-state index contributed by atoms with van der Waals surface area (Å²) >= 11 is 0. The Balaban J connectivity index is 2.12. The Morgan fingerprint density at radius 3 is 2.76 bits per heavy atom. The van der Waals surface area contributed by atoms with Gasteiger partial charge in [0.15, 0.2) is 0 Å². The van der Waals surface area contributed by atoms with Gasteiger partial charge in [0.1, 0.15) is 5.75 Å². The maximum absolute atomic E-state index is 11.7. The van der Waals surface area contributed by atoms with E-state index in [0.717, 1.165) is 18.8 Å². The van der Waals surface area contributed by atoms with Crippen LogP contribution in [-0.2, 0) is 4.79 Å². The Hall–Kier alpha value is -1.59. The molecule has 1 saturated heterocycles. The average Bonchev–Trinajstić information content (AvgIpc) is 3.01. The lowest BCUT2D eigenvalue weighted by atomic mass is 10.0. The molecule has 0 spiro atoms. The highest BCUT2D eigenvalue weighted by Gasteiger charge is 2.24. The van der Waals surface area contributed by atoms with Crippen molar-refractivity contribution in [2.24, 2.45) is 5.73 Å². The Bertz CT molecular complexity index is 470. The molecule has 1 fully saturated rings. The molecule has 5 heteroatoms. The summed E-state index contributed by atoms with van der Waals surface area (Å²) in [6, 6.07) is 7.75. The van der Waals surface area contributed by atoms with E-state index in [-0.39, 0.29) is 11.9 Å². The van der Waals surface area contributed by atoms with Crippen molar-refractivity contribution in [2.75, 3.05) is 26.7 Å². The molecule has 1 aliphatic heterocycles. The molecule has 1 amide bonds. The summed E-state index contributed by atoms with van der Waals surface area (Å²) in [5.74, 6) is 0.734. The Morgan fingerprint density at radius 2 is 2.14 bits per heavy atom. The zero-order valence-corrected chi connectivity index (χ0v) is 12.8. The van der Waals surface area contributed by atoms with Gasteiger partial charge in [0.2, 0.25) is 5.91 Å². The fourth-order valence-electron chi connectivity index (χ4n) is 2.72. The minimum absolute atomic E-state index is 0.109. The van der Waals surface area contributed by atoms with Crippen LogP contribution >= 0.6 is 0 Å². The molecule has 5 nitrogen and oxygen atoms in total. The largest absolute Gasteiger partial charge is 0.497 e. The van der Waals surface area contributed by atoms with Gasteiger partial charge in [-0.3, -0.25) is 9.69 Å². The minimum atomic E-state index is -0.477. The predicted molar refractivity (Wildman–Crippen MR) is 83.2 cm³/mol. The van der Waals surface area contributed by atoms with Gasteiger partial charge in [-0.15, -0.1) is 0 Å². The van der Waals surface area contributed by atoms with Crippen molar-refractivity contribution >= 4 is 5.91 Å². The van der Waals surface area contributed by atoms with Crippen LogP contribution in [0.25, 0.3) is 0 Å². The summed E-state index contributed by atoms with van der Waals surface area (Å²) in [7, 11) is 1.67. The van der Waals surface area contributed by atoms with Crippen molar-refractivity contribution in [1.82, 2.24) is 10.2 Å². The maximum atomic E-state index is 11.7. The third-order valence-corrected chi connectivity index (χ3v) is 3.94. The average molecular weight is 291 g/mol. The van der Waals surface area contributed by atoms with Gasteiger partial charge in [-0.1, -0.05) is 12.1 Å². The molecule has 3 N–H and O–H groups in total. The second-order valence-corrected chi connectivity index (χ2v) is 5.57. The SMILES string of the molecule is COc1cccc(C(CNC(=O)[C@@H](C)N)N2CCCC2)c1. The third-order valence-electron chi connectivity index (χ3n) is 3.94. The Labute approximate surface area is 126 Å². The summed E-state index contributed by atoms with van der Waals surface area (Å²) in [5.41, 5.74) is 6.78. The van der Waals surface area contributed by atoms with Crippen molar-refractivity contribution in [1.29, 1.82) is 0 Å². The molecule has 21 heavy (non-hydrogen) atoms. The number of hydrogen-bond donors (Lipinski definition) is 2. The second kappa shape index (κ2) is 7.43. The summed E-state index contributed by atoms with van der Waals surface area (Å²) in [6.07, 6.45) is 2.42. The van der Waals surface area contributed by atoms with Crippen LogP contribution in [-0.4, -0.2) is 43.6 Å². The van der Waals surface area contributed by atoms with E-state index in [9.17, 15) is 4.79 Å². The first-order valence-corrected chi connectivity index (χ1v) is 7.53. The molecular weight excluding hydrogens is 266 g/mol. The number of nitrogens with zero attached hydrogens (tertiary/aromatic N) is 1. The van der Waals surface area contributed by atoms with E-state index >= 15 is 0 Å². The zero-order chi connectivity index (χ0) is 15.2. The van der Waals surface area contributed by atoms with Crippen LogP contribution in [0.15, 0.2) is 24.3 Å². The van der Waals surface area contributed by atoms with E-state index in [0.29, 0.717) is 6.54 Å². The molecular formula is C16H25N3O2. The molecule has 1 heterocycles. The fraction of sp³-hybridized carbons (Fsp3) is 0.562. The lowest BCUT2D eigenvalue weighted by Gasteiger charge is -2.28. The van der Waals surface area contributed by atoms with Gasteiger partial charge in [0.25, 0.3) is 0 Å². The Morgan fingerprint density at radius 1 is 1.43 bits per heavy atom. The summed E-state index contributed by atoms with van der Waals surface area (Å²) in [6.45, 7) is 4.41. The number of rotatable bonds is 6. The summed E-state index contributed by atoms with van der Waals surface area (Å²) in [5, 5.41) is 2.95. The summed E-state index contributed by atoms with van der Waals surface area (Å²) in [4.78, 5) is 14.2. The second-order valence-electron chi connectivity index (χ2n) is 5.57. The lowest BCUT2D eigenvalue weighted by molar-refractivity contribution is -0.122. The predicted octanol–water partition coefficient (Wildman–Crippen LogP) is 1.30. The highest BCUT2D eigenvalue weighted by atomic mass is 16.5. The molecule has 0 aliphatic carbocycles. The molecule has 0 bridgehead atoms. The van der Waals surface area contributed by atoms with Gasteiger partial charge in [-0.2, -0.15) is 0 Å². The third kappa shape index (κ3) is 4.19. The van der Waals surface area contributed by atoms with Crippen LogP contribution in [0.4, 0.5) is 0 Å². The standard InChI is InChI=1S/C16H25N3O2/c1-12(17)16(20)18-11-15(19-8-3-4-9-19)13-6-5-7-14(10-13)21-2/h5-7,10,12,15H,3-4,8-9,11,17H2,1-2H3,(H,18,20)/t12-,15?/m1/s1. The molecule has 2 atom stereocenters. The number of carbonyl (C=O) groups excluding carboxylic acids is 1. The number of hydrogen-bond acceptors (Lipinski definition) is 4. The van der Waals surface area contributed by atoms with Gasteiger partial charge < -0.3 is 15.8 Å². The van der Waals surface area contributed by atoms with Crippen LogP contribution in [0.1, 0.15) is 31.4 Å². The highest BCUT2D eigenvalue weighted by molar-refractivity contribution is 5.80. The number of benzene rings is 1. The van der Waals surface area contributed by atoms with Crippen molar-refractivity contribution in [3.63, 3.8) is 0 Å². The molecule has 1 aliphatic rings. The number of nitrogens with one attached hydrogen (secondary N) is 1. The molecule has 0 saturated carbocycles. The van der Waals surface area contributed by atoms with Gasteiger partial charge >= 0.3 is 0 Å². The lowest BCUT2D eigenvalue weighted by Crippen LogP contribution is -2.43. The van der Waals surface area contributed by atoms with E-state index in [1.165, 1.54) is 18.4 Å². The van der Waals surface area contributed by atoms with Gasteiger partial charge in [-0.05, 0) is 50.6 Å². The van der Waals surface area contributed by atoms with E-state index in [2.05, 4.69) is 16.3 Å². The van der Waals surface area contributed by atoms with E-state index in [1.807, 2.05) is 18.2 Å². The molecule has 0 aromatic heterocycles. The number of ether oxygens (including phenoxy) is 1. The van der Waals surface area contributed by atoms with Crippen LogP contribution in [0, 0.1) is 0 Å². The van der Waals surface area contributed by atoms with Crippen LogP contribution in [0.3, 0.4) is 0 Å². The number of amides is 1. The monoisotopic (exact) mass is 291 g/mol. The normalized spacial score (nSPS) is 18.2. The van der Waals surface area contributed by atoms with Gasteiger partial charge in [-0.25, -0.2) is 0 Å². The Kier molecular flexibility index (Phi) is 5.59. The molecule has 1 aromatic rings. The fourth-order valence-corrected chi connectivity index (χ4v) is 2.72. The van der Waals surface area contributed by atoms with E-state index in [4.69, 9.17) is 10.5 Å². The maximum Gasteiger partial charge on any atom is 0.236 e. The molecule has 2 rings (SSSR count). The first-order valence-electron chi connectivity index (χ1n) is 7.53. The van der Waals surface area contributed by atoms with Crippen molar-refractivity contribution in [2.45, 2.75) is 31.8 Å².